The molecule has 0 aromatic carbocycles. The van der Waals surface area contributed by atoms with Gasteiger partial charge in [-0.25, -0.2) is 4.68 Å². The summed E-state index contributed by atoms with van der Waals surface area (Å²) in [6.07, 6.45) is 1.62. The second-order valence-electron chi connectivity index (χ2n) is 2.23. The molecule has 60 valence electrons. The van der Waals surface area contributed by atoms with Crippen LogP contribution in [-0.4, -0.2) is 29.4 Å². The lowest BCUT2D eigenvalue weighted by atomic mass is 10.5. The molecule has 0 amide bonds. The average molecular weight is 154 g/mol. The Hall–Kier alpha value is -1.16. The third-order valence-corrected chi connectivity index (χ3v) is 1.25. The number of nitrogens with zero attached hydrogens (tertiary/aromatic N) is 2. The van der Waals surface area contributed by atoms with Crippen LogP contribution in [0, 0.1) is 6.92 Å². The second kappa shape index (κ2) is 3.30. The highest BCUT2D eigenvalue weighted by atomic mass is 16.5. The first-order chi connectivity index (χ1) is 5.24. The van der Waals surface area contributed by atoms with E-state index in [0.717, 1.165) is 5.69 Å². The van der Waals surface area contributed by atoms with E-state index in [1.807, 2.05) is 6.92 Å². The Balaban J connectivity index is 2.69. The monoisotopic (exact) mass is 154 g/mol. The number of hydrogen-bond donors (Lipinski definition) is 0. The molecule has 4 nitrogen and oxygen atoms in total. The van der Waals surface area contributed by atoms with Crippen molar-refractivity contribution in [2.24, 2.45) is 0 Å². The standard InChI is InChI=1S/C7H10N2O2/c1-6-3-4-9(8-6)7(10)5-11-2/h3-4H,5H2,1-2H3. The van der Waals surface area contributed by atoms with Crippen LogP contribution in [0.5, 0.6) is 0 Å². The van der Waals surface area contributed by atoms with Crippen LogP contribution in [0.1, 0.15) is 10.5 Å². The van der Waals surface area contributed by atoms with Crippen LogP contribution in [0.25, 0.3) is 0 Å². The first-order valence-corrected chi connectivity index (χ1v) is 3.28. The van der Waals surface area contributed by atoms with Crippen LogP contribution in [0.4, 0.5) is 0 Å². The molecule has 0 unspecified atom stereocenters. The van der Waals surface area contributed by atoms with Crippen molar-refractivity contribution in [3.05, 3.63) is 18.0 Å². The van der Waals surface area contributed by atoms with E-state index in [9.17, 15) is 4.79 Å². The first-order valence-electron chi connectivity index (χ1n) is 3.28. The van der Waals surface area contributed by atoms with E-state index in [2.05, 4.69) is 9.84 Å². The summed E-state index contributed by atoms with van der Waals surface area (Å²) in [6.45, 7) is 1.90. The maximum Gasteiger partial charge on any atom is 0.272 e. The molecule has 0 spiro atoms. The average Bonchev–Trinajstić information content (AvgIpc) is 2.36. The van der Waals surface area contributed by atoms with E-state index in [-0.39, 0.29) is 12.5 Å². The van der Waals surface area contributed by atoms with E-state index in [0.29, 0.717) is 0 Å². The van der Waals surface area contributed by atoms with Crippen LogP contribution in [0.2, 0.25) is 0 Å². The zero-order valence-electron chi connectivity index (χ0n) is 6.57. The summed E-state index contributed by atoms with van der Waals surface area (Å²) in [7, 11) is 1.48. The maximum absolute atomic E-state index is 11.0. The Labute approximate surface area is 64.8 Å². The molecular formula is C7H10N2O2. The summed E-state index contributed by atoms with van der Waals surface area (Å²) in [5.74, 6) is -0.152. The molecule has 11 heavy (non-hydrogen) atoms. The number of carbonyl (C=O) groups excluding carboxylic acids is 1. The van der Waals surface area contributed by atoms with Crippen molar-refractivity contribution in [1.82, 2.24) is 9.78 Å². The second-order valence-corrected chi connectivity index (χ2v) is 2.23. The SMILES string of the molecule is COCC(=O)n1ccc(C)n1. The maximum atomic E-state index is 11.0. The number of methoxy groups -OCH3 is 1. The highest BCUT2D eigenvalue weighted by molar-refractivity contribution is 5.79. The molecule has 0 atom stereocenters. The van der Waals surface area contributed by atoms with Gasteiger partial charge in [-0.15, -0.1) is 0 Å². The summed E-state index contributed by atoms with van der Waals surface area (Å²) >= 11 is 0. The van der Waals surface area contributed by atoms with Gasteiger partial charge in [-0.2, -0.15) is 5.10 Å². The van der Waals surface area contributed by atoms with Gasteiger partial charge in [-0.3, -0.25) is 4.79 Å². The van der Waals surface area contributed by atoms with Crippen molar-refractivity contribution < 1.29 is 9.53 Å². The fourth-order valence-corrected chi connectivity index (χ4v) is 0.744. The van der Waals surface area contributed by atoms with Gasteiger partial charge in [0.2, 0.25) is 0 Å². The van der Waals surface area contributed by atoms with Gasteiger partial charge in [0.1, 0.15) is 6.61 Å². The van der Waals surface area contributed by atoms with Gasteiger partial charge >= 0.3 is 0 Å². The Kier molecular flexibility index (Phi) is 2.38. The van der Waals surface area contributed by atoms with Crippen LogP contribution >= 0.6 is 0 Å². The highest BCUT2D eigenvalue weighted by Crippen LogP contribution is 1.92. The van der Waals surface area contributed by atoms with Crippen LogP contribution in [-0.2, 0) is 4.74 Å². The number of aromatic nitrogens is 2. The summed E-state index contributed by atoms with van der Waals surface area (Å²) in [6, 6.07) is 1.77. The lowest BCUT2D eigenvalue weighted by Crippen LogP contribution is -2.16. The van der Waals surface area contributed by atoms with E-state index >= 15 is 0 Å². The van der Waals surface area contributed by atoms with Gasteiger partial charge in [-0.05, 0) is 13.0 Å². The van der Waals surface area contributed by atoms with Gasteiger partial charge in [0, 0.05) is 13.3 Å². The largest absolute Gasteiger partial charge is 0.375 e. The molecule has 1 rings (SSSR count). The minimum absolute atomic E-state index is 0.0706. The number of hydrogen-bond acceptors (Lipinski definition) is 3. The lowest BCUT2D eigenvalue weighted by molar-refractivity contribution is 0.0745. The summed E-state index contributed by atoms with van der Waals surface area (Å²) in [5.41, 5.74) is 0.828. The molecule has 4 heteroatoms. The molecule has 0 bridgehead atoms. The Morgan fingerprint density at radius 1 is 1.82 bits per heavy atom. The van der Waals surface area contributed by atoms with E-state index in [1.165, 1.54) is 11.8 Å². The molecule has 0 saturated heterocycles. The van der Waals surface area contributed by atoms with E-state index in [1.54, 1.807) is 12.3 Å². The highest BCUT2D eigenvalue weighted by Gasteiger charge is 2.03. The summed E-state index contributed by atoms with van der Waals surface area (Å²) in [4.78, 5) is 11.0. The number of rotatable bonds is 2. The third kappa shape index (κ3) is 1.88. The molecule has 1 aromatic heterocycles. The predicted octanol–water partition coefficient (Wildman–Crippen LogP) is 0.478. The van der Waals surface area contributed by atoms with Gasteiger partial charge < -0.3 is 4.74 Å². The fourth-order valence-electron chi connectivity index (χ4n) is 0.744. The predicted molar refractivity (Wildman–Crippen MR) is 39.5 cm³/mol. The molecule has 0 aliphatic heterocycles. The number of ether oxygens (including phenoxy) is 1. The Morgan fingerprint density at radius 2 is 2.55 bits per heavy atom. The van der Waals surface area contributed by atoms with Gasteiger partial charge in [0.25, 0.3) is 5.91 Å². The molecule has 0 fully saturated rings. The topological polar surface area (TPSA) is 44.1 Å². The molecule has 1 aromatic rings. The molecule has 0 aliphatic rings. The molecular weight excluding hydrogens is 144 g/mol. The van der Waals surface area contributed by atoms with Crippen molar-refractivity contribution in [3.63, 3.8) is 0 Å². The Bertz CT molecular complexity index is 255. The molecule has 0 N–H and O–H groups in total. The van der Waals surface area contributed by atoms with E-state index in [4.69, 9.17) is 0 Å². The third-order valence-electron chi connectivity index (χ3n) is 1.25. The van der Waals surface area contributed by atoms with Crippen molar-refractivity contribution in [1.29, 1.82) is 0 Å². The first kappa shape index (κ1) is 7.94. The van der Waals surface area contributed by atoms with Gasteiger partial charge in [0.05, 0.1) is 5.69 Å². The normalized spacial score (nSPS) is 10.0. The van der Waals surface area contributed by atoms with Crippen LogP contribution < -0.4 is 0 Å². The summed E-state index contributed by atoms with van der Waals surface area (Å²) < 4.78 is 5.93. The lowest BCUT2D eigenvalue weighted by Gasteiger charge is -1.96. The molecule has 0 aliphatic carbocycles. The van der Waals surface area contributed by atoms with Crippen molar-refractivity contribution in [2.45, 2.75) is 6.92 Å². The smallest absolute Gasteiger partial charge is 0.272 e. The van der Waals surface area contributed by atoms with Crippen molar-refractivity contribution in [3.8, 4) is 0 Å². The van der Waals surface area contributed by atoms with E-state index < -0.39 is 0 Å². The van der Waals surface area contributed by atoms with Gasteiger partial charge in [-0.1, -0.05) is 0 Å². The van der Waals surface area contributed by atoms with Crippen LogP contribution in [0.15, 0.2) is 12.3 Å². The quantitative estimate of drug-likeness (QED) is 0.622. The zero-order valence-corrected chi connectivity index (χ0v) is 6.57. The fraction of sp³-hybridized carbons (Fsp3) is 0.429. The molecule has 1 heterocycles. The van der Waals surface area contributed by atoms with Crippen LogP contribution in [0.3, 0.4) is 0 Å². The van der Waals surface area contributed by atoms with Gasteiger partial charge in [0.15, 0.2) is 0 Å². The van der Waals surface area contributed by atoms with Crippen molar-refractivity contribution >= 4 is 5.91 Å². The summed E-state index contributed by atoms with van der Waals surface area (Å²) in [5, 5.41) is 3.92. The minimum atomic E-state index is -0.152. The zero-order chi connectivity index (χ0) is 8.27. The molecule has 0 saturated carbocycles. The number of carbonyl (C=O) groups is 1. The minimum Gasteiger partial charge on any atom is -0.375 e. The molecule has 0 radical (unpaired) electrons. The van der Waals surface area contributed by atoms with Crippen molar-refractivity contribution in [2.75, 3.05) is 13.7 Å². The Morgan fingerprint density at radius 3 is 3.00 bits per heavy atom. The number of aryl methyl sites for hydroxylation is 1.